The summed E-state index contributed by atoms with van der Waals surface area (Å²) in [6.07, 6.45) is 3.17. The first kappa shape index (κ1) is 8.52. The molecule has 1 fully saturated rings. The lowest BCUT2D eigenvalue weighted by molar-refractivity contribution is -0.108. The van der Waals surface area contributed by atoms with Crippen molar-refractivity contribution in [1.29, 1.82) is 0 Å². The van der Waals surface area contributed by atoms with E-state index in [-0.39, 0.29) is 12.2 Å². The fourth-order valence-electron chi connectivity index (χ4n) is 0.861. The van der Waals surface area contributed by atoms with Crippen LogP contribution >= 0.6 is 0 Å². The summed E-state index contributed by atoms with van der Waals surface area (Å²) < 4.78 is 23.4. The molecule has 1 aliphatic carbocycles. The first-order valence-electron chi connectivity index (χ1n) is 3.58. The van der Waals surface area contributed by atoms with Crippen LogP contribution in [0, 0.1) is 5.92 Å². The first-order chi connectivity index (χ1) is 5.14. The molecule has 0 bridgehead atoms. The molecule has 0 aliphatic heterocycles. The zero-order chi connectivity index (χ0) is 8.32. The second kappa shape index (κ2) is 3.21. The van der Waals surface area contributed by atoms with Crippen molar-refractivity contribution in [3.8, 4) is 0 Å². The summed E-state index contributed by atoms with van der Waals surface area (Å²) in [5, 5.41) is 0. The summed E-state index contributed by atoms with van der Waals surface area (Å²) in [5.74, 6) is 0.661. The average molecular weight is 177 g/mol. The van der Waals surface area contributed by atoms with E-state index in [1.54, 1.807) is 4.72 Å². The lowest BCUT2D eigenvalue weighted by Gasteiger charge is -1.99. The van der Waals surface area contributed by atoms with Crippen LogP contribution in [0.4, 0.5) is 0 Å². The van der Waals surface area contributed by atoms with Crippen molar-refractivity contribution in [3.05, 3.63) is 0 Å². The number of nitrogens with one attached hydrogen (secondary N) is 1. The van der Waals surface area contributed by atoms with Crippen LogP contribution in [0.2, 0.25) is 0 Å². The maximum atomic E-state index is 10.8. The molecule has 0 aromatic heterocycles. The largest absolute Gasteiger partial charge is 0.278 e. The van der Waals surface area contributed by atoms with Crippen LogP contribution in [0.25, 0.3) is 0 Å². The maximum Gasteiger partial charge on any atom is 0.234 e. The van der Waals surface area contributed by atoms with Gasteiger partial charge in [0.15, 0.2) is 0 Å². The smallest absolute Gasteiger partial charge is 0.234 e. The van der Waals surface area contributed by atoms with Gasteiger partial charge in [0, 0.05) is 0 Å². The van der Waals surface area contributed by atoms with E-state index in [4.69, 9.17) is 0 Å². The van der Waals surface area contributed by atoms with E-state index < -0.39 is 10.0 Å². The van der Waals surface area contributed by atoms with Gasteiger partial charge in [0.05, 0.1) is 5.75 Å². The van der Waals surface area contributed by atoms with Crippen LogP contribution in [0.15, 0.2) is 0 Å². The molecule has 0 aromatic rings. The number of sulfonamides is 1. The number of carbonyl (C=O) groups excluding carboxylic acids is 1. The Morgan fingerprint density at radius 3 is 2.55 bits per heavy atom. The molecule has 0 saturated heterocycles. The summed E-state index contributed by atoms with van der Waals surface area (Å²) in [7, 11) is -3.30. The summed E-state index contributed by atoms with van der Waals surface area (Å²) in [4.78, 5) is 9.79. The molecule has 0 unspecified atom stereocenters. The van der Waals surface area contributed by atoms with Gasteiger partial charge in [0.1, 0.15) is 0 Å². The van der Waals surface area contributed by atoms with Crippen LogP contribution in [0.5, 0.6) is 0 Å². The molecule has 0 spiro atoms. The van der Waals surface area contributed by atoms with Crippen LogP contribution in [0.1, 0.15) is 19.3 Å². The Labute approximate surface area is 66.0 Å². The second-order valence-corrected chi connectivity index (χ2v) is 4.66. The van der Waals surface area contributed by atoms with E-state index in [9.17, 15) is 13.2 Å². The van der Waals surface area contributed by atoms with Gasteiger partial charge in [0.2, 0.25) is 16.4 Å². The molecule has 0 radical (unpaired) electrons. The summed E-state index contributed by atoms with van der Waals surface area (Å²) >= 11 is 0. The van der Waals surface area contributed by atoms with E-state index in [0.29, 0.717) is 12.3 Å². The van der Waals surface area contributed by atoms with Gasteiger partial charge in [-0.15, -0.1) is 0 Å². The Morgan fingerprint density at radius 2 is 2.09 bits per heavy atom. The minimum absolute atomic E-state index is 0.0798. The van der Waals surface area contributed by atoms with Crippen molar-refractivity contribution in [2.75, 3.05) is 5.75 Å². The number of carbonyl (C=O) groups is 1. The van der Waals surface area contributed by atoms with Crippen LogP contribution in [-0.2, 0) is 14.8 Å². The first-order valence-corrected chi connectivity index (χ1v) is 5.23. The lowest BCUT2D eigenvalue weighted by Crippen LogP contribution is -2.24. The lowest BCUT2D eigenvalue weighted by atomic mass is 10.3. The van der Waals surface area contributed by atoms with Gasteiger partial charge in [-0.2, -0.15) is 0 Å². The van der Waals surface area contributed by atoms with Crippen molar-refractivity contribution in [3.63, 3.8) is 0 Å². The molecule has 0 heterocycles. The van der Waals surface area contributed by atoms with Crippen LogP contribution < -0.4 is 4.72 Å². The van der Waals surface area contributed by atoms with E-state index in [0.717, 1.165) is 12.8 Å². The summed E-state index contributed by atoms with van der Waals surface area (Å²) in [6.45, 7) is 0. The minimum Gasteiger partial charge on any atom is -0.278 e. The van der Waals surface area contributed by atoms with Gasteiger partial charge in [-0.1, -0.05) is 12.8 Å². The summed E-state index contributed by atoms with van der Waals surface area (Å²) in [6, 6.07) is 0. The zero-order valence-corrected chi connectivity index (χ0v) is 6.93. The number of rotatable bonds is 5. The standard InChI is InChI=1S/C6H11NO3S/c8-5-7-11(9,10)4-3-6-1-2-6/h5-6H,1-4H2,(H,7,8). The zero-order valence-electron chi connectivity index (χ0n) is 6.12. The van der Waals surface area contributed by atoms with Gasteiger partial charge in [0.25, 0.3) is 0 Å². The van der Waals surface area contributed by atoms with Crippen molar-refractivity contribution < 1.29 is 13.2 Å². The van der Waals surface area contributed by atoms with E-state index in [1.807, 2.05) is 0 Å². The Hall–Kier alpha value is -0.580. The van der Waals surface area contributed by atoms with Gasteiger partial charge < -0.3 is 0 Å². The minimum atomic E-state index is -3.30. The molecular formula is C6H11NO3S. The molecule has 1 N–H and O–H groups in total. The molecule has 5 heteroatoms. The Kier molecular flexibility index (Phi) is 2.49. The Balaban J connectivity index is 2.26. The highest BCUT2D eigenvalue weighted by Crippen LogP contribution is 2.32. The average Bonchev–Trinajstić information content (AvgIpc) is 2.65. The van der Waals surface area contributed by atoms with Gasteiger partial charge >= 0.3 is 0 Å². The highest BCUT2D eigenvalue weighted by atomic mass is 32.2. The third-order valence-electron chi connectivity index (χ3n) is 1.72. The second-order valence-electron chi connectivity index (χ2n) is 2.79. The van der Waals surface area contributed by atoms with E-state index in [2.05, 4.69) is 0 Å². The monoisotopic (exact) mass is 177 g/mol. The third kappa shape index (κ3) is 3.36. The Bertz CT molecular complexity index is 230. The fraction of sp³-hybridized carbons (Fsp3) is 0.833. The van der Waals surface area contributed by atoms with Crippen LogP contribution in [0.3, 0.4) is 0 Å². The molecule has 1 rings (SSSR count). The molecule has 1 amide bonds. The maximum absolute atomic E-state index is 10.8. The van der Waals surface area contributed by atoms with Crippen LogP contribution in [-0.4, -0.2) is 20.6 Å². The molecule has 0 aromatic carbocycles. The van der Waals surface area contributed by atoms with Gasteiger partial charge in [-0.05, 0) is 12.3 Å². The number of hydrogen-bond acceptors (Lipinski definition) is 3. The molecule has 64 valence electrons. The Morgan fingerprint density at radius 1 is 1.45 bits per heavy atom. The van der Waals surface area contributed by atoms with Crippen molar-refractivity contribution >= 4 is 16.4 Å². The predicted molar refractivity (Wildman–Crippen MR) is 40.3 cm³/mol. The van der Waals surface area contributed by atoms with Crippen molar-refractivity contribution in [1.82, 2.24) is 4.72 Å². The third-order valence-corrected chi connectivity index (χ3v) is 2.95. The molecule has 1 saturated carbocycles. The highest BCUT2D eigenvalue weighted by molar-refractivity contribution is 7.89. The normalized spacial score (nSPS) is 17.8. The van der Waals surface area contributed by atoms with Gasteiger partial charge in [-0.3, -0.25) is 9.52 Å². The van der Waals surface area contributed by atoms with Gasteiger partial charge in [-0.25, -0.2) is 8.42 Å². The van der Waals surface area contributed by atoms with E-state index in [1.165, 1.54) is 0 Å². The molecule has 4 nitrogen and oxygen atoms in total. The van der Waals surface area contributed by atoms with Crippen molar-refractivity contribution in [2.45, 2.75) is 19.3 Å². The topological polar surface area (TPSA) is 63.2 Å². The number of amides is 1. The molecule has 1 aliphatic rings. The number of hydrogen-bond donors (Lipinski definition) is 1. The quantitative estimate of drug-likeness (QED) is 0.594. The molecule has 0 atom stereocenters. The fourth-order valence-corrected chi connectivity index (χ4v) is 1.77. The van der Waals surface area contributed by atoms with E-state index >= 15 is 0 Å². The molecular weight excluding hydrogens is 166 g/mol. The van der Waals surface area contributed by atoms with Crippen molar-refractivity contribution in [2.24, 2.45) is 5.92 Å². The predicted octanol–water partition coefficient (Wildman–Crippen LogP) is -0.138. The molecule has 11 heavy (non-hydrogen) atoms. The highest BCUT2D eigenvalue weighted by Gasteiger charge is 2.23. The SMILES string of the molecule is O=CNS(=O)(=O)CCC1CC1. The summed E-state index contributed by atoms with van der Waals surface area (Å²) in [5.41, 5.74) is 0.